The Hall–Kier alpha value is -2.51. The number of carbonyl (C=O) groups is 2. The average Bonchev–Trinajstić information content (AvgIpc) is 2.29. The summed E-state index contributed by atoms with van der Waals surface area (Å²) in [4.78, 5) is 31.4. The lowest BCUT2D eigenvalue weighted by Gasteiger charge is -2.13. The Labute approximate surface area is 107 Å². The van der Waals surface area contributed by atoms with E-state index in [2.05, 4.69) is 5.32 Å². The van der Waals surface area contributed by atoms with Crippen molar-refractivity contribution in [1.29, 1.82) is 0 Å². The molecule has 1 atom stereocenters. The Morgan fingerprint density at radius 3 is 2.63 bits per heavy atom. The summed E-state index contributed by atoms with van der Waals surface area (Å²) < 4.78 is 13.7. The summed E-state index contributed by atoms with van der Waals surface area (Å²) >= 11 is 0. The Kier molecular flexibility index (Phi) is 4.51. The molecule has 102 valence electrons. The van der Waals surface area contributed by atoms with Gasteiger partial charge in [0.15, 0.2) is 0 Å². The summed E-state index contributed by atoms with van der Waals surface area (Å²) in [7, 11) is 0. The predicted molar refractivity (Wildman–Crippen MR) is 62.0 cm³/mol. The Morgan fingerprint density at radius 1 is 1.53 bits per heavy atom. The molecule has 0 aliphatic rings. The fraction of sp³-hybridized carbons (Fsp3) is 0.273. The van der Waals surface area contributed by atoms with Crippen molar-refractivity contribution in [3.05, 3.63) is 39.7 Å². The average molecular weight is 270 g/mol. The number of carbonyl (C=O) groups excluding carboxylic acids is 1. The molecular formula is C11H11FN2O5. The van der Waals surface area contributed by atoms with Gasteiger partial charge in [0, 0.05) is 19.4 Å². The van der Waals surface area contributed by atoms with Crippen molar-refractivity contribution in [3.63, 3.8) is 0 Å². The summed E-state index contributed by atoms with van der Waals surface area (Å²) in [5.74, 6) is -3.02. The molecule has 0 aromatic heterocycles. The van der Waals surface area contributed by atoms with Gasteiger partial charge in [0.1, 0.15) is 6.04 Å². The second kappa shape index (κ2) is 5.89. The molecule has 2 N–H and O–H groups in total. The van der Waals surface area contributed by atoms with E-state index in [1.165, 1.54) is 12.1 Å². The number of nitrogens with zero attached hydrogens (tertiary/aromatic N) is 1. The number of nitro groups is 1. The Bertz CT molecular complexity index is 532. The van der Waals surface area contributed by atoms with Gasteiger partial charge in [-0.05, 0) is 5.56 Å². The lowest BCUT2D eigenvalue weighted by Crippen LogP contribution is -2.41. The quantitative estimate of drug-likeness (QED) is 0.609. The van der Waals surface area contributed by atoms with E-state index in [4.69, 9.17) is 5.11 Å². The monoisotopic (exact) mass is 270 g/mol. The topological polar surface area (TPSA) is 110 Å². The van der Waals surface area contributed by atoms with Crippen LogP contribution in [0.1, 0.15) is 12.5 Å². The maximum atomic E-state index is 13.7. The molecule has 0 saturated carbocycles. The number of hydrogen-bond donors (Lipinski definition) is 2. The molecule has 1 aromatic carbocycles. The SMILES string of the molecule is CC(=O)NC(Cc1cccc([N+](=O)[O-])c1F)C(=O)O. The van der Waals surface area contributed by atoms with Crippen LogP contribution >= 0.6 is 0 Å². The molecule has 7 nitrogen and oxygen atoms in total. The van der Waals surface area contributed by atoms with Gasteiger partial charge in [-0.2, -0.15) is 4.39 Å². The maximum Gasteiger partial charge on any atom is 0.326 e. The zero-order chi connectivity index (χ0) is 14.6. The van der Waals surface area contributed by atoms with Gasteiger partial charge < -0.3 is 10.4 Å². The van der Waals surface area contributed by atoms with E-state index < -0.39 is 34.3 Å². The number of rotatable bonds is 5. The molecule has 0 heterocycles. The summed E-state index contributed by atoms with van der Waals surface area (Å²) in [5, 5.41) is 21.6. The van der Waals surface area contributed by atoms with Gasteiger partial charge in [0.2, 0.25) is 11.7 Å². The minimum atomic E-state index is -1.35. The predicted octanol–water partition coefficient (Wildman–Crippen LogP) is 0.866. The minimum Gasteiger partial charge on any atom is -0.480 e. The number of aliphatic carboxylic acids is 1. The van der Waals surface area contributed by atoms with Crippen LogP contribution in [0, 0.1) is 15.9 Å². The molecule has 1 unspecified atom stereocenters. The van der Waals surface area contributed by atoms with Crippen molar-refractivity contribution >= 4 is 17.6 Å². The van der Waals surface area contributed by atoms with E-state index in [9.17, 15) is 24.1 Å². The number of hydrogen-bond acceptors (Lipinski definition) is 4. The van der Waals surface area contributed by atoms with Crippen LogP contribution in [0.25, 0.3) is 0 Å². The van der Waals surface area contributed by atoms with Gasteiger partial charge in [-0.15, -0.1) is 0 Å². The van der Waals surface area contributed by atoms with Crippen LogP contribution in [0.3, 0.4) is 0 Å². The van der Waals surface area contributed by atoms with Crippen molar-refractivity contribution in [2.24, 2.45) is 0 Å². The first-order valence-corrected chi connectivity index (χ1v) is 5.24. The molecule has 1 rings (SSSR count). The second-order valence-corrected chi connectivity index (χ2v) is 3.80. The summed E-state index contributed by atoms with van der Waals surface area (Å²) in [6, 6.07) is 2.13. The first-order chi connectivity index (χ1) is 8.82. The molecule has 0 bridgehead atoms. The van der Waals surface area contributed by atoms with Gasteiger partial charge in [-0.25, -0.2) is 4.79 Å². The van der Waals surface area contributed by atoms with Crippen LogP contribution < -0.4 is 5.32 Å². The summed E-state index contributed by atoms with van der Waals surface area (Å²) in [6.07, 6.45) is -0.373. The van der Waals surface area contributed by atoms with E-state index in [1.807, 2.05) is 0 Å². The molecule has 0 spiro atoms. The fourth-order valence-electron chi connectivity index (χ4n) is 1.53. The largest absolute Gasteiger partial charge is 0.480 e. The highest BCUT2D eigenvalue weighted by Gasteiger charge is 2.24. The number of amides is 1. The van der Waals surface area contributed by atoms with Gasteiger partial charge in [-0.3, -0.25) is 14.9 Å². The number of halogens is 1. The van der Waals surface area contributed by atoms with Crippen LogP contribution in [0.5, 0.6) is 0 Å². The Balaban J connectivity index is 3.03. The number of nitro benzene ring substituents is 1. The maximum absolute atomic E-state index is 13.7. The van der Waals surface area contributed by atoms with Crippen molar-refractivity contribution < 1.29 is 24.0 Å². The molecule has 0 fully saturated rings. The molecule has 1 aromatic rings. The van der Waals surface area contributed by atoms with Crippen LogP contribution in [0.15, 0.2) is 18.2 Å². The van der Waals surface area contributed by atoms with Gasteiger partial charge in [0.25, 0.3) is 0 Å². The van der Waals surface area contributed by atoms with Crippen molar-refractivity contribution in [2.45, 2.75) is 19.4 Å². The van der Waals surface area contributed by atoms with E-state index in [0.29, 0.717) is 0 Å². The van der Waals surface area contributed by atoms with Crippen LogP contribution in [-0.4, -0.2) is 27.9 Å². The highest BCUT2D eigenvalue weighted by atomic mass is 19.1. The van der Waals surface area contributed by atoms with Gasteiger partial charge in [-0.1, -0.05) is 12.1 Å². The van der Waals surface area contributed by atoms with E-state index in [-0.39, 0.29) is 12.0 Å². The molecule has 8 heteroatoms. The third-order valence-corrected chi connectivity index (χ3v) is 2.35. The summed E-state index contributed by atoms with van der Waals surface area (Å²) in [6.45, 7) is 1.12. The molecular weight excluding hydrogens is 259 g/mol. The minimum absolute atomic E-state index is 0.143. The number of nitrogens with one attached hydrogen (secondary N) is 1. The normalized spacial score (nSPS) is 11.7. The first-order valence-electron chi connectivity index (χ1n) is 5.24. The van der Waals surface area contributed by atoms with E-state index >= 15 is 0 Å². The fourth-order valence-corrected chi connectivity index (χ4v) is 1.53. The Morgan fingerprint density at radius 2 is 2.16 bits per heavy atom. The third-order valence-electron chi connectivity index (χ3n) is 2.35. The van der Waals surface area contributed by atoms with E-state index in [0.717, 1.165) is 13.0 Å². The van der Waals surface area contributed by atoms with Gasteiger partial charge in [0.05, 0.1) is 4.92 Å². The van der Waals surface area contributed by atoms with Crippen LogP contribution in [-0.2, 0) is 16.0 Å². The number of carboxylic acid groups (broad SMARTS) is 1. The third kappa shape index (κ3) is 3.73. The number of benzene rings is 1. The smallest absolute Gasteiger partial charge is 0.326 e. The molecule has 0 radical (unpaired) electrons. The highest BCUT2D eigenvalue weighted by molar-refractivity contribution is 5.82. The van der Waals surface area contributed by atoms with Crippen molar-refractivity contribution in [2.75, 3.05) is 0 Å². The van der Waals surface area contributed by atoms with E-state index in [1.54, 1.807) is 0 Å². The highest BCUT2D eigenvalue weighted by Crippen LogP contribution is 2.21. The van der Waals surface area contributed by atoms with Crippen molar-refractivity contribution in [3.8, 4) is 0 Å². The zero-order valence-corrected chi connectivity index (χ0v) is 9.92. The summed E-state index contributed by atoms with van der Waals surface area (Å²) in [5.41, 5.74) is -0.875. The van der Waals surface area contributed by atoms with Crippen LogP contribution in [0.4, 0.5) is 10.1 Å². The second-order valence-electron chi connectivity index (χ2n) is 3.80. The van der Waals surface area contributed by atoms with Crippen molar-refractivity contribution in [1.82, 2.24) is 5.32 Å². The zero-order valence-electron chi connectivity index (χ0n) is 9.92. The first kappa shape index (κ1) is 14.6. The molecule has 0 saturated heterocycles. The lowest BCUT2D eigenvalue weighted by molar-refractivity contribution is -0.387. The molecule has 1 amide bonds. The van der Waals surface area contributed by atoms with Crippen LogP contribution in [0.2, 0.25) is 0 Å². The standard InChI is InChI=1S/C11H11FN2O5/c1-6(15)13-8(11(16)17)5-7-3-2-4-9(10(7)12)14(18)19/h2-4,8H,5H2,1H3,(H,13,15)(H,16,17). The van der Waals surface area contributed by atoms with Gasteiger partial charge >= 0.3 is 11.7 Å². The molecule has 0 aliphatic heterocycles. The number of carboxylic acids is 1. The molecule has 19 heavy (non-hydrogen) atoms. The molecule has 0 aliphatic carbocycles. The lowest BCUT2D eigenvalue weighted by atomic mass is 10.0.